The Balaban J connectivity index is 1.81. The van der Waals surface area contributed by atoms with Crippen LogP contribution < -0.4 is 10.6 Å². The SMILES string of the molecule is COCc1nn2c(Cl)c(CNC(=O)CNCCC(F)(F)F)nc2s1. The van der Waals surface area contributed by atoms with Crippen molar-refractivity contribution in [3.05, 3.63) is 15.9 Å². The molecule has 2 N–H and O–H groups in total. The quantitative estimate of drug-likeness (QED) is 0.677. The van der Waals surface area contributed by atoms with Crippen molar-refractivity contribution < 1.29 is 22.7 Å². The second-order valence-electron chi connectivity index (χ2n) is 4.79. The average Bonchev–Trinajstić information content (AvgIpc) is 3.00. The first-order chi connectivity index (χ1) is 11.3. The zero-order valence-corrected chi connectivity index (χ0v) is 14.2. The van der Waals surface area contributed by atoms with Gasteiger partial charge in [-0.15, -0.1) is 0 Å². The van der Waals surface area contributed by atoms with Gasteiger partial charge in [0.15, 0.2) is 5.15 Å². The normalized spacial score (nSPS) is 12.0. The van der Waals surface area contributed by atoms with E-state index in [1.807, 2.05) is 0 Å². The molecule has 2 rings (SSSR count). The van der Waals surface area contributed by atoms with Crippen molar-refractivity contribution >= 4 is 33.8 Å². The van der Waals surface area contributed by atoms with Gasteiger partial charge in [-0.05, 0) is 0 Å². The zero-order chi connectivity index (χ0) is 17.7. The van der Waals surface area contributed by atoms with E-state index in [0.29, 0.717) is 22.3 Å². The molecule has 2 aromatic heterocycles. The standard InChI is InChI=1S/C12H15ClF3N5O2S/c1-23-6-9-20-21-10(13)7(19-11(21)24-9)4-18-8(22)5-17-3-2-12(14,15)16/h17H,2-6H2,1H3,(H,18,22). The molecule has 7 nitrogen and oxygen atoms in total. The summed E-state index contributed by atoms with van der Waals surface area (Å²) in [4.78, 5) is 16.4. The minimum absolute atomic E-state index is 0.0638. The lowest BCUT2D eigenvalue weighted by Gasteiger charge is -2.08. The number of hydrogen-bond acceptors (Lipinski definition) is 6. The first-order valence-corrected chi connectivity index (χ1v) is 8.05. The van der Waals surface area contributed by atoms with Gasteiger partial charge >= 0.3 is 6.18 Å². The molecule has 0 aliphatic rings. The summed E-state index contributed by atoms with van der Waals surface area (Å²) >= 11 is 7.45. The highest BCUT2D eigenvalue weighted by Gasteiger charge is 2.26. The van der Waals surface area contributed by atoms with Crippen LogP contribution in [-0.2, 0) is 22.7 Å². The van der Waals surface area contributed by atoms with Crippen LogP contribution in [0.15, 0.2) is 0 Å². The van der Waals surface area contributed by atoms with E-state index in [-0.39, 0.29) is 24.8 Å². The van der Waals surface area contributed by atoms with Crippen molar-refractivity contribution in [2.24, 2.45) is 0 Å². The second-order valence-corrected chi connectivity index (χ2v) is 6.19. The van der Waals surface area contributed by atoms with Gasteiger partial charge in [0, 0.05) is 13.7 Å². The predicted octanol–water partition coefficient (Wildman–Crippen LogP) is 1.75. The van der Waals surface area contributed by atoms with Crippen LogP contribution in [0.5, 0.6) is 0 Å². The number of imidazole rings is 1. The number of alkyl halides is 3. The van der Waals surface area contributed by atoms with E-state index >= 15 is 0 Å². The Morgan fingerprint density at radius 2 is 2.21 bits per heavy atom. The topological polar surface area (TPSA) is 80.5 Å². The van der Waals surface area contributed by atoms with Gasteiger partial charge < -0.3 is 15.4 Å². The Morgan fingerprint density at radius 3 is 2.83 bits per heavy atom. The number of nitrogens with zero attached hydrogens (tertiary/aromatic N) is 3. The van der Waals surface area contributed by atoms with E-state index in [1.165, 1.54) is 15.9 Å². The maximum absolute atomic E-state index is 12.0. The van der Waals surface area contributed by atoms with Crippen LogP contribution in [0.2, 0.25) is 5.15 Å². The van der Waals surface area contributed by atoms with Crippen molar-refractivity contribution in [3.63, 3.8) is 0 Å². The first-order valence-electron chi connectivity index (χ1n) is 6.86. The Bertz CT molecular complexity index is 703. The summed E-state index contributed by atoms with van der Waals surface area (Å²) in [6.45, 7) is -0.120. The van der Waals surface area contributed by atoms with Crippen LogP contribution >= 0.6 is 22.9 Å². The number of halogens is 4. The number of aromatic nitrogens is 3. The van der Waals surface area contributed by atoms with Crippen molar-refractivity contribution in [1.82, 2.24) is 25.2 Å². The van der Waals surface area contributed by atoms with Crippen LogP contribution in [-0.4, -0.2) is 46.9 Å². The molecule has 0 radical (unpaired) electrons. The fourth-order valence-electron chi connectivity index (χ4n) is 1.78. The maximum Gasteiger partial charge on any atom is 0.390 e. The highest BCUT2D eigenvalue weighted by Crippen LogP contribution is 2.23. The number of carbonyl (C=O) groups excluding carboxylic acids is 1. The van der Waals surface area contributed by atoms with Gasteiger partial charge in [-0.1, -0.05) is 22.9 Å². The molecule has 0 spiro atoms. The molecular formula is C12H15ClF3N5O2S. The van der Waals surface area contributed by atoms with Gasteiger partial charge in [0.25, 0.3) is 0 Å². The molecule has 0 saturated heterocycles. The van der Waals surface area contributed by atoms with Crippen molar-refractivity contribution in [3.8, 4) is 0 Å². The molecule has 2 heterocycles. The number of ether oxygens (including phenoxy) is 1. The van der Waals surface area contributed by atoms with Crippen molar-refractivity contribution in [1.29, 1.82) is 0 Å². The molecule has 134 valence electrons. The zero-order valence-electron chi connectivity index (χ0n) is 12.6. The molecule has 0 atom stereocenters. The lowest BCUT2D eigenvalue weighted by Crippen LogP contribution is -2.35. The van der Waals surface area contributed by atoms with Crippen molar-refractivity contribution in [2.45, 2.75) is 25.7 Å². The summed E-state index contributed by atoms with van der Waals surface area (Å²) < 4.78 is 42.3. The third-order valence-corrected chi connectivity index (χ3v) is 4.11. The molecule has 12 heteroatoms. The molecule has 0 aliphatic heterocycles. The lowest BCUT2D eigenvalue weighted by atomic mass is 10.4. The van der Waals surface area contributed by atoms with Crippen molar-refractivity contribution in [2.75, 3.05) is 20.2 Å². The number of rotatable bonds is 8. The number of fused-ring (bicyclic) bond motifs is 1. The second kappa shape index (κ2) is 8.10. The Morgan fingerprint density at radius 1 is 1.46 bits per heavy atom. The van der Waals surface area contributed by atoms with E-state index in [2.05, 4.69) is 20.7 Å². The Labute approximate surface area is 144 Å². The minimum Gasteiger partial charge on any atom is -0.377 e. The van der Waals surface area contributed by atoms with E-state index in [0.717, 1.165) is 0 Å². The van der Waals surface area contributed by atoms with Crippen LogP contribution in [0, 0.1) is 0 Å². The van der Waals surface area contributed by atoms with E-state index in [4.69, 9.17) is 16.3 Å². The van der Waals surface area contributed by atoms with Crippen LogP contribution in [0.3, 0.4) is 0 Å². The lowest BCUT2D eigenvalue weighted by molar-refractivity contribution is -0.134. The number of methoxy groups -OCH3 is 1. The Kier molecular flexibility index (Phi) is 6.38. The molecular weight excluding hydrogens is 371 g/mol. The highest BCUT2D eigenvalue weighted by molar-refractivity contribution is 7.16. The molecule has 0 bridgehead atoms. The monoisotopic (exact) mass is 385 g/mol. The Hall–Kier alpha value is -1.43. The number of amides is 1. The summed E-state index contributed by atoms with van der Waals surface area (Å²) in [5, 5.41) is 10.2. The van der Waals surface area contributed by atoms with Gasteiger partial charge in [-0.25, -0.2) is 4.98 Å². The highest BCUT2D eigenvalue weighted by atomic mass is 35.5. The molecule has 0 aromatic carbocycles. The molecule has 1 amide bonds. The third-order valence-electron chi connectivity index (χ3n) is 2.85. The molecule has 0 aliphatic carbocycles. The third kappa shape index (κ3) is 5.30. The van der Waals surface area contributed by atoms with Crippen LogP contribution in [0.25, 0.3) is 4.96 Å². The van der Waals surface area contributed by atoms with Gasteiger partial charge in [0.05, 0.1) is 26.1 Å². The fourth-order valence-corrected chi connectivity index (χ4v) is 2.94. The largest absolute Gasteiger partial charge is 0.390 e. The minimum atomic E-state index is -4.24. The van der Waals surface area contributed by atoms with E-state index in [9.17, 15) is 18.0 Å². The average molecular weight is 386 g/mol. The number of hydrogen-bond donors (Lipinski definition) is 2. The number of carbonyl (C=O) groups is 1. The summed E-state index contributed by atoms with van der Waals surface area (Å²) in [5.74, 6) is -0.447. The van der Waals surface area contributed by atoms with Gasteiger partial charge in [0.1, 0.15) is 10.7 Å². The van der Waals surface area contributed by atoms with Gasteiger partial charge in [-0.2, -0.15) is 22.8 Å². The van der Waals surface area contributed by atoms with E-state index in [1.54, 1.807) is 7.11 Å². The molecule has 0 unspecified atom stereocenters. The smallest absolute Gasteiger partial charge is 0.377 e. The van der Waals surface area contributed by atoms with E-state index < -0.39 is 18.5 Å². The molecule has 0 fully saturated rings. The molecule has 0 saturated carbocycles. The summed E-state index contributed by atoms with van der Waals surface area (Å²) in [6, 6.07) is 0. The first kappa shape index (κ1) is 18.9. The summed E-state index contributed by atoms with van der Waals surface area (Å²) in [7, 11) is 1.55. The summed E-state index contributed by atoms with van der Waals surface area (Å²) in [6.07, 6.45) is -5.23. The predicted molar refractivity (Wildman–Crippen MR) is 82.0 cm³/mol. The maximum atomic E-state index is 12.0. The van der Waals surface area contributed by atoms with Gasteiger partial charge in [-0.3, -0.25) is 4.79 Å². The molecule has 2 aromatic rings. The summed E-state index contributed by atoms with van der Waals surface area (Å²) in [5.41, 5.74) is 0.433. The number of nitrogens with one attached hydrogen (secondary N) is 2. The van der Waals surface area contributed by atoms with Gasteiger partial charge in [0.2, 0.25) is 10.9 Å². The molecule has 24 heavy (non-hydrogen) atoms. The fraction of sp³-hybridized carbons (Fsp3) is 0.583. The van der Waals surface area contributed by atoms with Crippen LogP contribution in [0.4, 0.5) is 13.2 Å². The van der Waals surface area contributed by atoms with Crippen LogP contribution in [0.1, 0.15) is 17.1 Å².